The normalized spacial score (nSPS) is 12.5. The lowest BCUT2D eigenvalue weighted by molar-refractivity contribution is 0.0524. The van der Waals surface area contributed by atoms with E-state index >= 15 is 0 Å². The van der Waals surface area contributed by atoms with Crippen molar-refractivity contribution < 1.29 is 19.0 Å². The minimum absolute atomic E-state index is 0.248. The summed E-state index contributed by atoms with van der Waals surface area (Å²) in [6.07, 6.45) is -0.495. The number of alkyl carbamates (subject to hydrolysis) is 1. The summed E-state index contributed by atoms with van der Waals surface area (Å²) < 4.78 is 15.6. The van der Waals surface area contributed by atoms with Crippen molar-refractivity contribution in [3.05, 3.63) is 23.8 Å². The number of hydrogen-bond donors (Lipinski definition) is 2. The van der Waals surface area contributed by atoms with Crippen molar-refractivity contribution in [2.24, 2.45) is 5.73 Å². The van der Waals surface area contributed by atoms with E-state index in [1.807, 2.05) is 6.07 Å². The Bertz CT molecular complexity index is 483. The third kappa shape index (κ3) is 5.51. The van der Waals surface area contributed by atoms with Crippen molar-refractivity contribution in [1.82, 2.24) is 5.32 Å². The van der Waals surface area contributed by atoms with Crippen LogP contribution in [0.4, 0.5) is 4.79 Å². The maximum Gasteiger partial charge on any atom is 0.407 e. The van der Waals surface area contributed by atoms with Crippen LogP contribution in [0.1, 0.15) is 32.4 Å². The van der Waals surface area contributed by atoms with Crippen LogP contribution in [0.3, 0.4) is 0 Å². The van der Waals surface area contributed by atoms with E-state index in [0.29, 0.717) is 11.5 Å². The SMILES string of the molecule is COc1ccc(C(N)CNC(=O)OC(C)(C)C)c(OC)c1. The van der Waals surface area contributed by atoms with Gasteiger partial charge in [-0.25, -0.2) is 4.79 Å². The molecular formula is C15H24N2O4. The largest absolute Gasteiger partial charge is 0.497 e. The molecule has 3 N–H and O–H groups in total. The highest BCUT2D eigenvalue weighted by atomic mass is 16.6. The minimum atomic E-state index is -0.536. The molecule has 0 spiro atoms. The zero-order valence-corrected chi connectivity index (χ0v) is 13.2. The Kier molecular flexibility index (Phi) is 5.84. The molecule has 1 aromatic rings. The Morgan fingerprint density at radius 2 is 1.95 bits per heavy atom. The Hall–Kier alpha value is -1.95. The number of amides is 1. The van der Waals surface area contributed by atoms with Crippen molar-refractivity contribution in [2.75, 3.05) is 20.8 Å². The van der Waals surface area contributed by atoms with Crippen molar-refractivity contribution >= 4 is 6.09 Å². The quantitative estimate of drug-likeness (QED) is 0.870. The molecule has 0 aliphatic heterocycles. The first kappa shape index (κ1) is 17.1. The number of hydrogen-bond acceptors (Lipinski definition) is 5. The molecule has 1 atom stereocenters. The van der Waals surface area contributed by atoms with Crippen molar-refractivity contribution in [2.45, 2.75) is 32.4 Å². The molecule has 21 heavy (non-hydrogen) atoms. The van der Waals surface area contributed by atoms with Crippen LogP contribution in [0, 0.1) is 0 Å². The van der Waals surface area contributed by atoms with Gasteiger partial charge in [0.1, 0.15) is 17.1 Å². The number of nitrogens with two attached hydrogens (primary N) is 1. The van der Waals surface area contributed by atoms with Gasteiger partial charge in [-0.15, -0.1) is 0 Å². The van der Waals surface area contributed by atoms with Crippen LogP contribution >= 0.6 is 0 Å². The van der Waals surface area contributed by atoms with Crippen molar-refractivity contribution in [3.63, 3.8) is 0 Å². The molecule has 0 fully saturated rings. The first-order valence-electron chi connectivity index (χ1n) is 6.71. The number of ether oxygens (including phenoxy) is 3. The molecule has 1 aromatic carbocycles. The van der Waals surface area contributed by atoms with Crippen LogP contribution in [0.2, 0.25) is 0 Å². The van der Waals surface area contributed by atoms with E-state index in [1.54, 1.807) is 47.1 Å². The molecular weight excluding hydrogens is 272 g/mol. The lowest BCUT2D eigenvalue weighted by Crippen LogP contribution is -2.36. The van der Waals surface area contributed by atoms with E-state index in [9.17, 15) is 4.79 Å². The molecule has 0 aliphatic carbocycles. The molecule has 0 aromatic heterocycles. The van der Waals surface area contributed by atoms with Gasteiger partial charge < -0.3 is 25.3 Å². The number of nitrogens with one attached hydrogen (secondary N) is 1. The smallest absolute Gasteiger partial charge is 0.407 e. The topological polar surface area (TPSA) is 82.8 Å². The second-order valence-electron chi connectivity index (χ2n) is 5.60. The Balaban J connectivity index is 2.67. The van der Waals surface area contributed by atoms with E-state index in [1.165, 1.54) is 0 Å². The fourth-order valence-electron chi connectivity index (χ4n) is 1.74. The van der Waals surface area contributed by atoms with Gasteiger partial charge in [-0.3, -0.25) is 0 Å². The van der Waals surface area contributed by atoms with E-state index in [0.717, 1.165) is 5.56 Å². The van der Waals surface area contributed by atoms with Crippen molar-refractivity contribution in [3.8, 4) is 11.5 Å². The predicted octanol–water partition coefficient (Wildman–Crippen LogP) is 2.23. The number of benzene rings is 1. The molecule has 118 valence electrons. The Labute approximate surface area is 125 Å². The number of carbonyl (C=O) groups is 1. The summed E-state index contributed by atoms with van der Waals surface area (Å²) in [6, 6.07) is 4.96. The monoisotopic (exact) mass is 296 g/mol. The summed E-state index contributed by atoms with van der Waals surface area (Å²) in [5.41, 5.74) is 6.33. The van der Waals surface area contributed by atoms with Gasteiger partial charge in [0.2, 0.25) is 0 Å². The molecule has 0 bridgehead atoms. The Morgan fingerprint density at radius 3 is 2.48 bits per heavy atom. The summed E-state index contributed by atoms with van der Waals surface area (Å²) in [4.78, 5) is 11.6. The minimum Gasteiger partial charge on any atom is -0.497 e. The molecule has 1 unspecified atom stereocenters. The second-order valence-corrected chi connectivity index (χ2v) is 5.60. The predicted molar refractivity (Wildman–Crippen MR) is 80.7 cm³/mol. The lowest BCUT2D eigenvalue weighted by Gasteiger charge is -2.21. The lowest BCUT2D eigenvalue weighted by atomic mass is 10.1. The first-order chi connectivity index (χ1) is 9.76. The summed E-state index contributed by atoms with van der Waals surface area (Å²) in [7, 11) is 3.14. The summed E-state index contributed by atoms with van der Waals surface area (Å²) in [5.74, 6) is 1.30. The standard InChI is InChI=1S/C15H24N2O4/c1-15(2,3)21-14(18)17-9-12(16)11-7-6-10(19-4)8-13(11)20-5/h6-8,12H,9,16H2,1-5H3,(H,17,18). The van der Waals surface area contributed by atoms with Crippen LogP contribution in [0.25, 0.3) is 0 Å². The van der Waals surface area contributed by atoms with Gasteiger partial charge in [0.25, 0.3) is 0 Å². The van der Waals surface area contributed by atoms with Gasteiger partial charge in [0.05, 0.1) is 20.3 Å². The number of carbonyl (C=O) groups excluding carboxylic acids is 1. The average Bonchev–Trinajstić information content (AvgIpc) is 2.42. The van der Waals surface area contributed by atoms with Gasteiger partial charge in [-0.1, -0.05) is 6.07 Å². The van der Waals surface area contributed by atoms with Gasteiger partial charge >= 0.3 is 6.09 Å². The molecule has 1 amide bonds. The van der Waals surface area contributed by atoms with Gasteiger partial charge in [-0.05, 0) is 26.8 Å². The highest BCUT2D eigenvalue weighted by molar-refractivity contribution is 5.67. The zero-order chi connectivity index (χ0) is 16.0. The van der Waals surface area contributed by atoms with Crippen LogP contribution in [-0.4, -0.2) is 32.5 Å². The summed E-state index contributed by atoms with van der Waals surface area (Å²) in [5, 5.41) is 2.64. The van der Waals surface area contributed by atoms with E-state index in [2.05, 4.69) is 5.32 Å². The third-order valence-corrected chi connectivity index (χ3v) is 2.71. The summed E-state index contributed by atoms with van der Waals surface area (Å²) in [6.45, 7) is 5.66. The van der Waals surface area contributed by atoms with Gasteiger partial charge in [0.15, 0.2) is 0 Å². The van der Waals surface area contributed by atoms with Crippen molar-refractivity contribution in [1.29, 1.82) is 0 Å². The van der Waals surface area contributed by atoms with E-state index in [4.69, 9.17) is 19.9 Å². The van der Waals surface area contributed by atoms with Crippen LogP contribution in [0.5, 0.6) is 11.5 Å². The Morgan fingerprint density at radius 1 is 1.29 bits per heavy atom. The zero-order valence-electron chi connectivity index (χ0n) is 13.2. The van der Waals surface area contributed by atoms with E-state index in [-0.39, 0.29) is 6.54 Å². The van der Waals surface area contributed by atoms with E-state index < -0.39 is 17.7 Å². The molecule has 6 nitrogen and oxygen atoms in total. The highest BCUT2D eigenvalue weighted by Crippen LogP contribution is 2.28. The van der Waals surface area contributed by atoms with Crippen LogP contribution in [0.15, 0.2) is 18.2 Å². The molecule has 0 saturated heterocycles. The van der Waals surface area contributed by atoms with Gasteiger partial charge in [-0.2, -0.15) is 0 Å². The molecule has 0 saturated carbocycles. The molecule has 0 radical (unpaired) electrons. The highest BCUT2D eigenvalue weighted by Gasteiger charge is 2.18. The van der Waals surface area contributed by atoms with Crippen LogP contribution in [-0.2, 0) is 4.74 Å². The fourth-order valence-corrected chi connectivity index (χ4v) is 1.74. The fraction of sp³-hybridized carbons (Fsp3) is 0.533. The molecule has 0 aliphatic rings. The molecule has 1 rings (SSSR count). The third-order valence-electron chi connectivity index (χ3n) is 2.71. The molecule has 6 heteroatoms. The first-order valence-corrected chi connectivity index (χ1v) is 6.71. The summed E-state index contributed by atoms with van der Waals surface area (Å²) >= 11 is 0. The number of rotatable bonds is 5. The maximum atomic E-state index is 11.6. The van der Waals surface area contributed by atoms with Gasteiger partial charge in [0, 0.05) is 18.2 Å². The maximum absolute atomic E-state index is 11.6. The van der Waals surface area contributed by atoms with Crippen LogP contribution < -0.4 is 20.5 Å². The average molecular weight is 296 g/mol. The second kappa shape index (κ2) is 7.17. The number of methoxy groups -OCH3 is 2. The molecule has 0 heterocycles.